The molecule has 1 aliphatic heterocycles. The van der Waals surface area contributed by atoms with E-state index in [0.29, 0.717) is 6.04 Å². The number of aliphatic hydroxyl groups is 1. The highest BCUT2D eigenvalue weighted by Crippen LogP contribution is 2.19. The van der Waals surface area contributed by atoms with Gasteiger partial charge in [0.2, 0.25) is 5.91 Å². The highest BCUT2D eigenvalue weighted by Gasteiger charge is 2.29. The quantitative estimate of drug-likeness (QED) is 0.705. The van der Waals surface area contributed by atoms with Crippen LogP contribution in [-0.2, 0) is 4.79 Å². The zero-order valence-corrected chi connectivity index (χ0v) is 11.3. The summed E-state index contributed by atoms with van der Waals surface area (Å²) < 4.78 is 0. The predicted octanol–water partition coefficient (Wildman–Crippen LogP) is -0.346. The zero-order valence-electron chi connectivity index (χ0n) is 11.3. The Morgan fingerprint density at radius 1 is 1.33 bits per heavy atom. The summed E-state index contributed by atoms with van der Waals surface area (Å²) in [5, 5.41) is 12.0. The normalized spacial score (nSPS) is 24.6. The minimum Gasteiger partial charge on any atom is -0.395 e. The number of rotatable bonds is 5. The Labute approximate surface area is 109 Å². The van der Waals surface area contributed by atoms with Gasteiger partial charge in [0.15, 0.2) is 0 Å². The van der Waals surface area contributed by atoms with Crippen molar-refractivity contribution in [1.29, 1.82) is 0 Å². The van der Waals surface area contributed by atoms with E-state index in [4.69, 9.17) is 5.11 Å². The van der Waals surface area contributed by atoms with Crippen LogP contribution in [0.2, 0.25) is 0 Å². The molecule has 5 nitrogen and oxygen atoms in total. The Hall–Kier alpha value is -0.650. The van der Waals surface area contributed by atoms with E-state index < -0.39 is 0 Å². The molecule has 1 saturated heterocycles. The Kier molecular flexibility index (Phi) is 4.97. The number of nitrogens with zero attached hydrogens (tertiary/aromatic N) is 2. The zero-order chi connectivity index (χ0) is 13.0. The largest absolute Gasteiger partial charge is 0.395 e. The molecule has 1 aliphatic carbocycles. The van der Waals surface area contributed by atoms with Crippen molar-refractivity contribution in [2.45, 2.75) is 38.3 Å². The van der Waals surface area contributed by atoms with Crippen molar-refractivity contribution >= 4 is 5.91 Å². The van der Waals surface area contributed by atoms with Crippen LogP contribution in [0.25, 0.3) is 0 Å². The van der Waals surface area contributed by atoms with Crippen LogP contribution in [0.4, 0.5) is 0 Å². The molecule has 2 fully saturated rings. The molecule has 2 rings (SSSR count). The molecule has 0 bridgehead atoms. The molecule has 1 saturated carbocycles. The van der Waals surface area contributed by atoms with E-state index in [1.807, 2.05) is 6.92 Å². The number of carbonyl (C=O) groups is 1. The average molecular weight is 255 g/mol. The third-order valence-electron chi connectivity index (χ3n) is 3.89. The van der Waals surface area contributed by atoms with Gasteiger partial charge in [0.25, 0.3) is 0 Å². The summed E-state index contributed by atoms with van der Waals surface area (Å²) in [7, 11) is 0. The lowest BCUT2D eigenvalue weighted by molar-refractivity contribution is -0.126. The Morgan fingerprint density at radius 3 is 2.78 bits per heavy atom. The summed E-state index contributed by atoms with van der Waals surface area (Å²) in [6.45, 7) is 6.82. The summed E-state index contributed by atoms with van der Waals surface area (Å²) in [5.74, 6) is 0.174. The minimum absolute atomic E-state index is 0.0281. The van der Waals surface area contributed by atoms with E-state index in [-0.39, 0.29) is 18.6 Å². The molecule has 104 valence electrons. The van der Waals surface area contributed by atoms with Crippen molar-refractivity contribution in [2.75, 3.05) is 39.3 Å². The number of hydrogen-bond acceptors (Lipinski definition) is 4. The van der Waals surface area contributed by atoms with Crippen molar-refractivity contribution < 1.29 is 9.90 Å². The molecule has 2 N–H and O–H groups in total. The van der Waals surface area contributed by atoms with Crippen LogP contribution in [0.15, 0.2) is 0 Å². The molecule has 2 aliphatic rings. The maximum Gasteiger partial charge on any atom is 0.237 e. The van der Waals surface area contributed by atoms with Gasteiger partial charge in [-0.3, -0.25) is 14.6 Å². The van der Waals surface area contributed by atoms with Crippen LogP contribution in [0.5, 0.6) is 0 Å². The van der Waals surface area contributed by atoms with Gasteiger partial charge in [-0.15, -0.1) is 0 Å². The summed E-state index contributed by atoms with van der Waals surface area (Å²) in [6, 6.07) is 0.414. The summed E-state index contributed by atoms with van der Waals surface area (Å²) in [4.78, 5) is 16.5. The monoisotopic (exact) mass is 255 g/mol. The first-order valence-electron chi connectivity index (χ1n) is 7.08. The third kappa shape index (κ3) is 3.93. The standard InChI is InChI=1S/C13H25N3O2/c1-11(13(18)14-12-3-4-12)16-6-2-5-15(7-8-16)9-10-17/h11-12,17H,2-10H2,1H3,(H,14,18). The minimum atomic E-state index is -0.0281. The molecule has 18 heavy (non-hydrogen) atoms. The smallest absolute Gasteiger partial charge is 0.237 e. The lowest BCUT2D eigenvalue weighted by atomic mass is 10.2. The lowest BCUT2D eigenvalue weighted by Gasteiger charge is -2.26. The molecule has 0 aromatic rings. The third-order valence-corrected chi connectivity index (χ3v) is 3.89. The van der Waals surface area contributed by atoms with Crippen LogP contribution in [0.3, 0.4) is 0 Å². The Balaban J connectivity index is 1.78. The van der Waals surface area contributed by atoms with Gasteiger partial charge in [0.05, 0.1) is 12.6 Å². The molecular formula is C13H25N3O2. The van der Waals surface area contributed by atoms with E-state index in [2.05, 4.69) is 15.1 Å². The lowest BCUT2D eigenvalue weighted by Crippen LogP contribution is -2.47. The predicted molar refractivity (Wildman–Crippen MR) is 70.3 cm³/mol. The van der Waals surface area contributed by atoms with E-state index >= 15 is 0 Å². The molecule has 0 spiro atoms. The van der Waals surface area contributed by atoms with Crippen LogP contribution in [0, 0.1) is 0 Å². The van der Waals surface area contributed by atoms with Crippen molar-refractivity contribution in [3.05, 3.63) is 0 Å². The van der Waals surface area contributed by atoms with Gasteiger partial charge in [-0.25, -0.2) is 0 Å². The highest BCUT2D eigenvalue weighted by atomic mass is 16.3. The summed E-state index contributed by atoms with van der Waals surface area (Å²) in [5.41, 5.74) is 0. The molecule has 0 radical (unpaired) electrons. The van der Waals surface area contributed by atoms with E-state index in [1.54, 1.807) is 0 Å². The van der Waals surface area contributed by atoms with Crippen LogP contribution >= 0.6 is 0 Å². The number of nitrogens with one attached hydrogen (secondary N) is 1. The van der Waals surface area contributed by atoms with Gasteiger partial charge < -0.3 is 10.4 Å². The fourth-order valence-electron chi connectivity index (χ4n) is 2.46. The Bertz CT molecular complexity index is 281. The van der Waals surface area contributed by atoms with Crippen molar-refractivity contribution in [3.63, 3.8) is 0 Å². The molecule has 1 amide bonds. The SMILES string of the molecule is CC(C(=O)NC1CC1)N1CCCN(CCO)CC1. The number of β-amino-alcohol motifs (C(OH)–C–C–N with tert-alkyl or cyclic N) is 1. The van der Waals surface area contributed by atoms with Gasteiger partial charge in [-0.05, 0) is 32.7 Å². The van der Waals surface area contributed by atoms with Gasteiger partial charge >= 0.3 is 0 Å². The highest BCUT2D eigenvalue weighted by molar-refractivity contribution is 5.81. The first-order chi connectivity index (χ1) is 8.70. The fourth-order valence-corrected chi connectivity index (χ4v) is 2.46. The van der Waals surface area contributed by atoms with Crippen molar-refractivity contribution in [3.8, 4) is 0 Å². The molecule has 0 aromatic heterocycles. The van der Waals surface area contributed by atoms with Crippen LogP contribution in [-0.4, -0.2) is 72.2 Å². The summed E-state index contributed by atoms with van der Waals surface area (Å²) in [6.07, 6.45) is 3.35. The number of hydrogen-bond donors (Lipinski definition) is 2. The first kappa shape index (κ1) is 13.8. The Morgan fingerprint density at radius 2 is 2.11 bits per heavy atom. The van der Waals surface area contributed by atoms with Crippen LogP contribution < -0.4 is 5.32 Å². The van der Waals surface area contributed by atoms with E-state index in [9.17, 15) is 4.79 Å². The molecule has 0 aromatic carbocycles. The number of aliphatic hydroxyl groups excluding tert-OH is 1. The number of amides is 1. The van der Waals surface area contributed by atoms with Crippen molar-refractivity contribution in [2.24, 2.45) is 0 Å². The fraction of sp³-hybridized carbons (Fsp3) is 0.923. The van der Waals surface area contributed by atoms with Gasteiger partial charge in [0.1, 0.15) is 0 Å². The van der Waals surface area contributed by atoms with Gasteiger partial charge in [0, 0.05) is 32.2 Å². The first-order valence-corrected chi connectivity index (χ1v) is 7.08. The van der Waals surface area contributed by atoms with Crippen LogP contribution in [0.1, 0.15) is 26.2 Å². The van der Waals surface area contributed by atoms with Crippen molar-refractivity contribution in [1.82, 2.24) is 15.1 Å². The maximum absolute atomic E-state index is 12.0. The second-order valence-electron chi connectivity index (χ2n) is 5.41. The van der Waals surface area contributed by atoms with E-state index in [1.165, 1.54) is 0 Å². The van der Waals surface area contributed by atoms with Gasteiger partial charge in [-0.1, -0.05) is 0 Å². The average Bonchev–Trinajstić information content (AvgIpc) is 3.16. The molecule has 5 heteroatoms. The maximum atomic E-state index is 12.0. The van der Waals surface area contributed by atoms with E-state index in [0.717, 1.165) is 52.0 Å². The molecule has 1 unspecified atom stereocenters. The molecule has 1 atom stereocenters. The number of carbonyl (C=O) groups excluding carboxylic acids is 1. The molecule has 1 heterocycles. The van der Waals surface area contributed by atoms with Gasteiger partial charge in [-0.2, -0.15) is 0 Å². The second kappa shape index (κ2) is 6.50. The topological polar surface area (TPSA) is 55.8 Å². The summed E-state index contributed by atoms with van der Waals surface area (Å²) >= 11 is 0. The second-order valence-corrected chi connectivity index (χ2v) is 5.41. The molecular weight excluding hydrogens is 230 g/mol.